The van der Waals surface area contributed by atoms with Crippen LogP contribution in [0.15, 0.2) is 43.2 Å². The number of benzene rings is 1. The van der Waals surface area contributed by atoms with Crippen LogP contribution in [0.25, 0.3) is 5.57 Å². The van der Waals surface area contributed by atoms with E-state index in [2.05, 4.69) is 16.5 Å². The summed E-state index contributed by atoms with van der Waals surface area (Å²) < 4.78 is 10.7. The second-order valence-electron chi connectivity index (χ2n) is 4.47. The maximum atomic E-state index is 10.6. The normalized spacial score (nSPS) is 9.61. The van der Waals surface area contributed by atoms with Gasteiger partial charge in [0.25, 0.3) is 0 Å². The van der Waals surface area contributed by atoms with E-state index >= 15 is 0 Å². The molecule has 0 aliphatic heterocycles. The topological polar surface area (TPSA) is 84.4 Å². The molecule has 2 rings (SSSR count). The van der Waals surface area contributed by atoms with Gasteiger partial charge in [-0.1, -0.05) is 24.8 Å². The molecule has 0 fully saturated rings. The third kappa shape index (κ3) is 5.67. The third-order valence-electron chi connectivity index (χ3n) is 2.94. The van der Waals surface area contributed by atoms with Gasteiger partial charge < -0.3 is 19.4 Å². The average Bonchev–Trinajstić information content (AvgIpc) is 2.53. The number of ether oxygens (including phenoxy) is 2. The maximum Gasteiger partial charge on any atom is 1.00 e. The number of carbonyl (C=O) groups excluding carboxylic acids is 1. The van der Waals surface area contributed by atoms with Gasteiger partial charge in [0, 0.05) is 11.5 Å². The molecule has 0 saturated carbocycles. The first kappa shape index (κ1) is 19.2. The van der Waals surface area contributed by atoms with Crippen molar-refractivity contribution < 1.29 is 48.9 Å². The molecular formula is C16H15N2NaO4. The van der Waals surface area contributed by atoms with Crippen molar-refractivity contribution in [2.45, 2.75) is 12.8 Å². The molecule has 0 N–H and O–H groups in total. The Morgan fingerprint density at radius 3 is 2.61 bits per heavy atom. The van der Waals surface area contributed by atoms with Crippen LogP contribution in [0, 0.1) is 0 Å². The van der Waals surface area contributed by atoms with Crippen molar-refractivity contribution in [3.05, 3.63) is 48.8 Å². The molecule has 0 spiro atoms. The summed E-state index contributed by atoms with van der Waals surface area (Å²) in [5, 5.41) is 10.6. The fourth-order valence-corrected chi connectivity index (χ4v) is 1.84. The molecule has 7 heteroatoms. The summed E-state index contributed by atoms with van der Waals surface area (Å²) in [5.74, 6) is 0.136. The number of aliphatic carboxylic acids is 1. The Hall–Kier alpha value is -1.89. The van der Waals surface area contributed by atoms with Gasteiger partial charge in [0.05, 0.1) is 13.2 Å². The predicted molar refractivity (Wildman–Crippen MR) is 78.4 cm³/mol. The van der Waals surface area contributed by atoms with Crippen LogP contribution in [0.4, 0.5) is 0 Å². The van der Waals surface area contributed by atoms with Gasteiger partial charge in [-0.25, -0.2) is 9.97 Å². The number of hydrogen-bond acceptors (Lipinski definition) is 6. The summed E-state index contributed by atoms with van der Waals surface area (Å²) in [6.45, 7) is 3.90. The van der Waals surface area contributed by atoms with Crippen LogP contribution in [0.1, 0.15) is 18.4 Å². The van der Waals surface area contributed by atoms with Gasteiger partial charge in [-0.15, -0.1) is 0 Å². The van der Waals surface area contributed by atoms with Crippen LogP contribution in [0.3, 0.4) is 0 Å². The Morgan fingerprint density at radius 1 is 1.22 bits per heavy atom. The molecule has 23 heavy (non-hydrogen) atoms. The molecule has 0 aliphatic carbocycles. The molecule has 0 amide bonds. The number of para-hydroxylation sites is 1. The summed E-state index contributed by atoms with van der Waals surface area (Å²) >= 11 is 0. The third-order valence-corrected chi connectivity index (χ3v) is 2.94. The van der Waals surface area contributed by atoms with Gasteiger partial charge in [0.2, 0.25) is 11.8 Å². The Kier molecular flexibility index (Phi) is 7.74. The molecule has 0 unspecified atom stereocenters. The first-order valence-electron chi connectivity index (χ1n) is 6.61. The number of carbonyl (C=O) groups is 1. The standard InChI is InChI=1S/C16H16N2O4.Na/c1-11(7-8-16(19)20)12-5-3-4-6-13(12)22-15-9-14(21-2)17-10-18-15;/h3-6,9-10H,1,7-8H2,2H3,(H,19,20);/q;+1/p-1. The number of carboxylic acids is 1. The predicted octanol–water partition coefficient (Wildman–Crippen LogP) is -1.18. The molecule has 0 atom stereocenters. The fourth-order valence-electron chi connectivity index (χ4n) is 1.84. The number of rotatable bonds is 7. The zero-order valence-corrected chi connectivity index (χ0v) is 15.1. The van der Waals surface area contributed by atoms with E-state index in [0.717, 1.165) is 5.56 Å². The Balaban J connectivity index is 0.00000264. The van der Waals surface area contributed by atoms with Gasteiger partial charge >= 0.3 is 29.6 Å². The molecule has 0 radical (unpaired) electrons. The summed E-state index contributed by atoms with van der Waals surface area (Å²) in [6.07, 6.45) is 1.53. The van der Waals surface area contributed by atoms with E-state index in [-0.39, 0.29) is 42.4 Å². The van der Waals surface area contributed by atoms with Gasteiger partial charge in [0.1, 0.15) is 12.1 Å². The van der Waals surface area contributed by atoms with Crippen molar-refractivity contribution in [1.29, 1.82) is 0 Å². The van der Waals surface area contributed by atoms with Crippen LogP contribution in [0.2, 0.25) is 0 Å². The molecule has 6 nitrogen and oxygen atoms in total. The molecule has 2 aromatic rings. The van der Waals surface area contributed by atoms with Gasteiger partial charge in [-0.2, -0.15) is 0 Å². The molecule has 1 heterocycles. The molecule has 114 valence electrons. The first-order valence-corrected chi connectivity index (χ1v) is 6.61. The van der Waals surface area contributed by atoms with Crippen LogP contribution >= 0.6 is 0 Å². The summed E-state index contributed by atoms with van der Waals surface area (Å²) in [7, 11) is 1.50. The Morgan fingerprint density at radius 2 is 1.91 bits per heavy atom. The summed E-state index contributed by atoms with van der Waals surface area (Å²) in [6, 6.07) is 8.76. The Bertz CT molecular complexity index is 691. The van der Waals surface area contributed by atoms with E-state index < -0.39 is 5.97 Å². The molecule has 0 bridgehead atoms. The number of aromatic nitrogens is 2. The summed E-state index contributed by atoms with van der Waals surface area (Å²) in [5.41, 5.74) is 1.38. The summed E-state index contributed by atoms with van der Waals surface area (Å²) in [4.78, 5) is 18.5. The Labute approximate surface area is 156 Å². The minimum atomic E-state index is -1.11. The minimum absolute atomic E-state index is 0. The molecule has 0 aliphatic rings. The maximum absolute atomic E-state index is 10.6. The first-order chi connectivity index (χ1) is 10.6. The van der Waals surface area contributed by atoms with Crippen molar-refractivity contribution in [3.63, 3.8) is 0 Å². The van der Waals surface area contributed by atoms with E-state index in [0.29, 0.717) is 23.1 Å². The van der Waals surface area contributed by atoms with Crippen molar-refractivity contribution >= 4 is 11.5 Å². The number of carboxylic acid groups (broad SMARTS) is 1. The molecular weight excluding hydrogens is 307 g/mol. The molecule has 1 aromatic heterocycles. The van der Waals surface area contributed by atoms with Crippen molar-refractivity contribution in [2.75, 3.05) is 7.11 Å². The second-order valence-corrected chi connectivity index (χ2v) is 4.47. The monoisotopic (exact) mass is 322 g/mol. The quantitative estimate of drug-likeness (QED) is 0.597. The van der Waals surface area contributed by atoms with Crippen LogP contribution < -0.4 is 44.1 Å². The number of allylic oxidation sites excluding steroid dienone is 1. The zero-order valence-electron chi connectivity index (χ0n) is 13.1. The number of methoxy groups -OCH3 is 1. The van der Waals surface area contributed by atoms with Crippen LogP contribution in [-0.4, -0.2) is 23.0 Å². The zero-order chi connectivity index (χ0) is 15.9. The average molecular weight is 322 g/mol. The van der Waals surface area contributed by atoms with Crippen molar-refractivity contribution in [2.24, 2.45) is 0 Å². The minimum Gasteiger partial charge on any atom is -0.550 e. The van der Waals surface area contributed by atoms with Gasteiger partial charge in [-0.3, -0.25) is 0 Å². The van der Waals surface area contributed by atoms with Crippen molar-refractivity contribution in [3.8, 4) is 17.5 Å². The van der Waals surface area contributed by atoms with E-state index in [1.54, 1.807) is 12.1 Å². The van der Waals surface area contributed by atoms with E-state index in [1.807, 2.05) is 18.2 Å². The van der Waals surface area contributed by atoms with Crippen molar-refractivity contribution in [1.82, 2.24) is 9.97 Å². The van der Waals surface area contributed by atoms with Gasteiger partial charge in [0.15, 0.2) is 0 Å². The van der Waals surface area contributed by atoms with E-state index in [9.17, 15) is 9.90 Å². The SMILES string of the molecule is C=C(CCC(=O)[O-])c1ccccc1Oc1cc(OC)ncn1.[Na+]. The van der Waals surface area contributed by atoms with Crippen LogP contribution in [-0.2, 0) is 4.79 Å². The van der Waals surface area contributed by atoms with Gasteiger partial charge in [-0.05, 0) is 24.5 Å². The number of hydrogen-bond donors (Lipinski definition) is 0. The smallest absolute Gasteiger partial charge is 0.550 e. The largest absolute Gasteiger partial charge is 1.00 e. The number of nitrogens with zero attached hydrogens (tertiary/aromatic N) is 2. The molecule has 1 aromatic carbocycles. The second kappa shape index (κ2) is 9.29. The van der Waals surface area contributed by atoms with E-state index in [4.69, 9.17) is 9.47 Å². The molecule has 0 saturated heterocycles. The fraction of sp³-hybridized carbons (Fsp3) is 0.188. The van der Waals surface area contributed by atoms with E-state index in [1.165, 1.54) is 13.4 Å². The van der Waals surface area contributed by atoms with Crippen LogP contribution in [0.5, 0.6) is 17.5 Å².